The number of hydrogen-bond donors (Lipinski definition) is 1. The summed E-state index contributed by atoms with van der Waals surface area (Å²) in [6, 6.07) is 1.52. The smallest absolute Gasteiger partial charge is 0.0760 e. The van der Waals surface area contributed by atoms with Crippen LogP contribution in [0, 0.1) is 0 Å². The van der Waals surface area contributed by atoms with E-state index in [-0.39, 0.29) is 11.2 Å². The lowest BCUT2D eigenvalue weighted by molar-refractivity contribution is -0.189. The average Bonchev–Trinajstić information content (AvgIpc) is 2.33. The van der Waals surface area contributed by atoms with Gasteiger partial charge in [-0.25, -0.2) is 0 Å². The molecule has 20 heavy (non-hydrogen) atoms. The van der Waals surface area contributed by atoms with Gasteiger partial charge in [-0.2, -0.15) is 0 Å². The first-order valence-corrected chi connectivity index (χ1v) is 8.49. The maximum atomic E-state index is 6.20. The van der Waals surface area contributed by atoms with E-state index in [4.69, 9.17) is 4.74 Å². The van der Waals surface area contributed by atoms with Crippen molar-refractivity contribution in [2.45, 2.75) is 90.0 Å². The Balaban J connectivity index is 1.86. The van der Waals surface area contributed by atoms with E-state index in [2.05, 4.69) is 44.8 Å². The lowest BCUT2D eigenvalue weighted by atomic mass is 9.87. The summed E-state index contributed by atoms with van der Waals surface area (Å²) < 4.78 is 6.20. The first kappa shape index (κ1) is 16.3. The van der Waals surface area contributed by atoms with Gasteiger partial charge >= 0.3 is 0 Å². The van der Waals surface area contributed by atoms with Crippen molar-refractivity contribution < 1.29 is 4.74 Å². The summed E-state index contributed by atoms with van der Waals surface area (Å²) in [4.78, 5) is 2.69. The molecule has 3 heteroatoms. The fraction of sp³-hybridized carbons (Fsp3) is 1.00. The predicted octanol–water partition coefficient (Wildman–Crippen LogP) is 3.19. The molecule has 0 radical (unpaired) electrons. The van der Waals surface area contributed by atoms with Gasteiger partial charge in [0.25, 0.3) is 0 Å². The minimum Gasteiger partial charge on any atom is -0.367 e. The number of nitrogens with one attached hydrogen (secondary N) is 1. The van der Waals surface area contributed by atoms with E-state index in [1.54, 1.807) is 0 Å². The Kier molecular flexibility index (Phi) is 5.14. The van der Waals surface area contributed by atoms with Crippen LogP contribution < -0.4 is 5.32 Å². The fourth-order valence-electron chi connectivity index (χ4n) is 4.10. The van der Waals surface area contributed by atoms with Crippen molar-refractivity contribution in [3.8, 4) is 0 Å². The van der Waals surface area contributed by atoms with Crippen LogP contribution in [-0.4, -0.2) is 47.8 Å². The Bertz CT molecular complexity index is 290. The summed E-state index contributed by atoms with van der Waals surface area (Å²) in [6.07, 6.45) is 6.60. The van der Waals surface area contributed by atoms with Gasteiger partial charge in [-0.1, -0.05) is 6.92 Å². The van der Waals surface area contributed by atoms with Gasteiger partial charge in [0.15, 0.2) is 0 Å². The van der Waals surface area contributed by atoms with Crippen LogP contribution in [-0.2, 0) is 4.74 Å². The molecule has 118 valence electrons. The number of ether oxygens (including phenoxy) is 1. The summed E-state index contributed by atoms with van der Waals surface area (Å²) in [5, 5.41) is 3.68. The highest BCUT2D eigenvalue weighted by molar-refractivity contribution is 4.93. The highest BCUT2D eigenvalue weighted by atomic mass is 16.5. The molecule has 0 spiro atoms. The van der Waals surface area contributed by atoms with Crippen molar-refractivity contribution in [3.63, 3.8) is 0 Å². The molecular formula is C17H34N2O. The molecular weight excluding hydrogens is 248 g/mol. The Morgan fingerprint density at radius 2 is 1.55 bits per heavy atom. The Morgan fingerprint density at radius 3 is 2.05 bits per heavy atom. The zero-order valence-corrected chi connectivity index (χ0v) is 14.2. The van der Waals surface area contributed by atoms with Gasteiger partial charge in [0, 0.05) is 25.2 Å². The third-order valence-electron chi connectivity index (χ3n) is 4.62. The minimum absolute atomic E-state index is 0.0148. The number of morpholine rings is 1. The van der Waals surface area contributed by atoms with Crippen LogP contribution in [0.4, 0.5) is 0 Å². The number of rotatable bonds is 4. The van der Waals surface area contributed by atoms with Crippen LogP contribution >= 0.6 is 0 Å². The summed E-state index contributed by atoms with van der Waals surface area (Å²) in [5.41, 5.74) is -0.0296. The van der Waals surface area contributed by atoms with Gasteiger partial charge < -0.3 is 10.1 Å². The van der Waals surface area contributed by atoms with E-state index in [0.29, 0.717) is 0 Å². The molecule has 1 aliphatic heterocycles. The first-order valence-electron chi connectivity index (χ1n) is 8.49. The van der Waals surface area contributed by atoms with Crippen LogP contribution in [0.15, 0.2) is 0 Å². The molecule has 1 aliphatic carbocycles. The molecule has 0 aromatic carbocycles. The van der Waals surface area contributed by atoms with E-state index in [0.717, 1.165) is 25.2 Å². The molecule has 0 unspecified atom stereocenters. The van der Waals surface area contributed by atoms with Gasteiger partial charge in [-0.3, -0.25) is 4.90 Å². The van der Waals surface area contributed by atoms with Crippen LogP contribution in [0.5, 0.6) is 0 Å². The molecule has 0 amide bonds. The Morgan fingerprint density at radius 1 is 1.00 bits per heavy atom. The maximum absolute atomic E-state index is 6.20. The minimum atomic E-state index is -0.0148. The van der Waals surface area contributed by atoms with Gasteiger partial charge in [-0.05, 0) is 66.3 Å². The molecule has 0 bridgehead atoms. The molecule has 0 aromatic heterocycles. The van der Waals surface area contributed by atoms with Crippen LogP contribution in [0.3, 0.4) is 0 Å². The molecule has 1 saturated heterocycles. The monoisotopic (exact) mass is 282 g/mol. The second-order valence-electron chi connectivity index (χ2n) is 7.99. The Hall–Kier alpha value is -0.120. The summed E-state index contributed by atoms with van der Waals surface area (Å²) in [7, 11) is 0. The number of nitrogens with zero attached hydrogens (tertiary/aromatic N) is 1. The SMILES string of the molecule is CCCNC1CCC(N2CC(C)(C)OC(C)(C)C2)CC1. The van der Waals surface area contributed by atoms with Crippen molar-refractivity contribution in [2.24, 2.45) is 0 Å². The lowest BCUT2D eigenvalue weighted by Gasteiger charge is -2.50. The van der Waals surface area contributed by atoms with Crippen LogP contribution in [0.2, 0.25) is 0 Å². The fourth-order valence-corrected chi connectivity index (χ4v) is 4.10. The largest absolute Gasteiger partial charge is 0.367 e. The summed E-state index contributed by atoms with van der Waals surface area (Å²) >= 11 is 0. The van der Waals surface area contributed by atoms with E-state index in [1.165, 1.54) is 38.6 Å². The molecule has 3 nitrogen and oxygen atoms in total. The normalized spacial score (nSPS) is 34.0. The van der Waals surface area contributed by atoms with Crippen molar-refractivity contribution in [1.82, 2.24) is 10.2 Å². The quantitative estimate of drug-likeness (QED) is 0.857. The van der Waals surface area contributed by atoms with Gasteiger partial charge in [0.05, 0.1) is 11.2 Å². The third-order valence-corrected chi connectivity index (χ3v) is 4.62. The standard InChI is InChI=1S/C17H34N2O/c1-6-11-18-14-7-9-15(10-8-14)19-12-16(2,3)20-17(4,5)13-19/h14-15,18H,6-13H2,1-5H3. The van der Waals surface area contributed by atoms with Crippen LogP contribution in [0.25, 0.3) is 0 Å². The molecule has 2 aliphatic rings. The first-order chi connectivity index (χ1) is 9.31. The van der Waals surface area contributed by atoms with E-state index in [1.807, 2.05) is 0 Å². The van der Waals surface area contributed by atoms with Crippen molar-refractivity contribution >= 4 is 0 Å². The molecule has 1 heterocycles. The van der Waals surface area contributed by atoms with Crippen molar-refractivity contribution in [3.05, 3.63) is 0 Å². The second kappa shape index (κ2) is 6.33. The molecule has 0 atom stereocenters. The Labute approximate surface area is 125 Å². The number of hydrogen-bond acceptors (Lipinski definition) is 3. The van der Waals surface area contributed by atoms with E-state index in [9.17, 15) is 0 Å². The van der Waals surface area contributed by atoms with Gasteiger partial charge in [-0.15, -0.1) is 0 Å². The molecule has 1 saturated carbocycles. The average molecular weight is 282 g/mol. The molecule has 2 rings (SSSR count). The third kappa shape index (κ3) is 4.44. The maximum Gasteiger partial charge on any atom is 0.0760 e. The molecule has 1 N–H and O–H groups in total. The highest BCUT2D eigenvalue weighted by Gasteiger charge is 2.41. The highest BCUT2D eigenvalue weighted by Crippen LogP contribution is 2.33. The van der Waals surface area contributed by atoms with E-state index >= 15 is 0 Å². The van der Waals surface area contributed by atoms with E-state index < -0.39 is 0 Å². The predicted molar refractivity (Wildman–Crippen MR) is 85.2 cm³/mol. The lowest BCUT2D eigenvalue weighted by Crippen LogP contribution is -2.60. The molecule has 2 fully saturated rings. The second-order valence-corrected chi connectivity index (χ2v) is 7.99. The summed E-state index contributed by atoms with van der Waals surface area (Å²) in [5.74, 6) is 0. The van der Waals surface area contributed by atoms with Gasteiger partial charge in [0.1, 0.15) is 0 Å². The van der Waals surface area contributed by atoms with Crippen LogP contribution in [0.1, 0.15) is 66.7 Å². The van der Waals surface area contributed by atoms with Crippen molar-refractivity contribution in [1.29, 1.82) is 0 Å². The van der Waals surface area contributed by atoms with Crippen molar-refractivity contribution in [2.75, 3.05) is 19.6 Å². The zero-order chi connectivity index (χ0) is 14.8. The zero-order valence-electron chi connectivity index (χ0n) is 14.2. The van der Waals surface area contributed by atoms with Gasteiger partial charge in [0.2, 0.25) is 0 Å². The topological polar surface area (TPSA) is 24.5 Å². The summed E-state index contributed by atoms with van der Waals surface area (Å²) in [6.45, 7) is 14.5. The molecule has 0 aromatic rings.